The third-order valence-electron chi connectivity index (χ3n) is 1.19. The van der Waals surface area contributed by atoms with Crippen LogP contribution in [0.25, 0.3) is 0 Å². The Bertz CT molecular complexity index is 356. The van der Waals surface area contributed by atoms with Crippen LogP contribution in [0.3, 0.4) is 0 Å². The van der Waals surface area contributed by atoms with Crippen LogP contribution in [0.4, 0.5) is 0 Å². The second-order valence-corrected chi connectivity index (χ2v) is 2.32. The summed E-state index contributed by atoms with van der Waals surface area (Å²) in [5.41, 5.74) is 0.785. The molecule has 0 amide bonds. The van der Waals surface area contributed by atoms with Gasteiger partial charge in [-0.25, -0.2) is 4.98 Å². The van der Waals surface area contributed by atoms with Gasteiger partial charge in [0.25, 0.3) is 0 Å². The van der Waals surface area contributed by atoms with Gasteiger partial charge in [0.1, 0.15) is 11.2 Å². The molecule has 0 radical (unpaired) electrons. The van der Waals surface area contributed by atoms with E-state index in [1.54, 1.807) is 0 Å². The highest BCUT2D eigenvalue weighted by Crippen LogP contribution is 2.11. The predicted octanol–water partition coefficient (Wildman–Crippen LogP) is 1.41. The van der Waals surface area contributed by atoms with E-state index in [9.17, 15) is 0 Å². The summed E-state index contributed by atoms with van der Waals surface area (Å²) in [4.78, 5) is 3.71. The molecule has 0 fully saturated rings. The number of hydrogen-bond donors (Lipinski definition) is 1. The first kappa shape index (κ1) is 8.50. The minimum absolute atomic E-state index is 0.146. The normalized spacial score (nSPS) is 10.0. The second-order valence-electron chi connectivity index (χ2n) is 1.96. The van der Waals surface area contributed by atoms with E-state index in [0.717, 1.165) is 0 Å². The van der Waals surface area contributed by atoms with Crippen LogP contribution < -0.4 is 0 Å². The summed E-state index contributed by atoms with van der Waals surface area (Å²) >= 11 is 5.56. The monoisotopic (exact) mass is 181 g/mol. The van der Waals surface area contributed by atoms with E-state index in [-0.39, 0.29) is 10.7 Å². The van der Waals surface area contributed by atoms with Crippen molar-refractivity contribution in [2.24, 2.45) is 5.16 Å². The Morgan fingerprint density at radius 1 is 1.75 bits per heavy atom. The van der Waals surface area contributed by atoms with Crippen LogP contribution in [0.15, 0.2) is 17.4 Å². The highest BCUT2D eigenvalue weighted by molar-refractivity contribution is 6.30. The van der Waals surface area contributed by atoms with Crippen molar-refractivity contribution in [2.75, 3.05) is 0 Å². The minimum atomic E-state index is 0.146. The molecule has 1 aromatic rings. The van der Waals surface area contributed by atoms with Gasteiger partial charge in [-0.1, -0.05) is 16.8 Å². The summed E-state index contributed by atoms with van der Waals surface area (Å²) in [5.74, 6) is 0. The molecular weight excluding hydrogens is 178 g/mol. The molecule has 1 heterocycles. The Morgan fingerprint density at radius 2 is 2.50 bits per heavy atom. The maximum atomic E-state index is 8.53. The van der Waals surface area contributed by atoms with Gasteiger partial charge in [-0.15, -0.1) is 0 Å². The van der Waals surface area contributed by atoms with E-state index in [4.69, 9.17) is 22.1 Å². The Morgan fingerprint density at radius 3 is 3.08 bits per heavy atom. The van der Waals surface area contributed by atoms with Gasteiger partial charge in [0.05, 0.1) is 11.8 Å². The standard InChI is InChI=1S/C7H4ClN3O/c8-7-6(2-9)1-5(3-10-7)4-11-12/h1,3-4,12H/b11-4+. The molecule has 0 saturated heterocycles. The van der Waals surface area contributed by atoms with Crippen LogP contribution in [0, 0.1) is 11.3 Å². The van der Waals surface area contributed by atoms with E-state index in [0.29, 0.717) is 5.56 Å². The zero-order valence-electron chi connectivity index (χ0n) is 5.90. The fraction of sp³-hybridized carbons (Fsp3) is 0. The van der Waals surface area contributed by atoms with E-state index >= 15 is 0 Å². The maximum absolute atomic E-state index is 8.53. The molecule has 1 aromatic heterocycles. The van der Waals surface area contributed by atoms with Crippen molar-refractivity contribution in [2.45, 2.75) is 0 Å². The van der Waals surface area contributed by atoms with Crippen molar-refractivity contribution in [3.05, 3.63) is 28.5 Å². The predicted molar refractivity (Wildman–Crippen MR) is 43.3 cm³/mol. The molecular formula is C7H4ClN3O. The average molecular weight is 182 g/mol. The van der Waals surface area contributed by atoms with Gasteiger partial charge in [-0.3, -0.25) is 0 Å². The van der Waals surface area contributed by atoms with Crippen molar-refractivity contribution >= 4 is 17.8 Å². The van der Waals surface area contributed by atoms with Gasteiger partial charge in [-0.2, -0.15) is 5.26 Å². The molecule has 0 unspecified atom stereocenters. The zero-order chi connectivity index (χ0) is 8.97. The lowest BCUT2D eigenvalue weighted by Crippen LogP contribution is -1.87. The van der Waals surface area contributed by atoms with Crippen LogP contribution in [0.1, 0.15) is 11.1 Å². The van der Waals surface area contributed by atoms with E-state index in [1.165, 1.54) is 18.5 Å². The molecule has 0 atom stereocenters. The molecule has 60 valence electrons. The molecule has 0 saturated carbocycles. The SMILES string of the molecule is N#Cc1cc(/C=N/O)cnc1Cl. The van der Waals surface area contributed by atoms with Crippen LogP contribution in [-0.4, -0.2) is 16.4 Å². The lowest BCUT2D eigenvalue weighted by atomic mass is 10.2. The fourth-order valence-electron chi connectivity index (χ4n) is 0.680. The van der Waals surface area contributed by atoms with Gasteiger partial charge in [0, 0.05) is 11.8 Å². The summed E-state index contributed by atoms with van der Waals surface area (Å²) in [6, 6.07) is 3.34. The average Bonchev–Trinajstić information content (AvgIpc) is 2.09. The largest absolute Gasteiger partial charge is 0.411 e. The molecule has 5 heteroatoms. The molecule has 0 aliphatic carbocycles. The third kappa shape index (κ3) is 1.71. The lowest BCUT2D eigenvalue weighted by molar-refractivity contribution is 0.322. The number of halogens is 1. The Labute approximate surface area is 73.7 Å². The Balaban J connectivity index is 3.16. The van der Waals surface area contributed by atoms with Crippen molar-refractivity contribution in [1.82, 2.24) is 4.98 Å². The van der Waals surface area contributed by atoms with E-state index in [1.807, 2.05) is 6.07 Å². The molecule has 0 aliphatic heterocycles. The number of hydrogen-bond acceptors (Lipinski definition) is 4. The molecule has 1 rings (SSSR count). The van der Waals surface area contributed by atoms with Crippen molar-refractivity contribution in [1.29, 1.82) is 5.26 Å². The molecule has 4 nitrogen and oxygen atoms in total. The van der Waals surface area contributed by atoms with Crippen LogP contribution in [0.2, 0.25) is 5.15 Å². The molecule has 0 bridgehead atoms. The molecule has 0 spiro atoms. The van der Waals surface area contributed by atoms with Gasteiger partial charge >= 0.3 is 0 Å². The van der Waals surface area contributed by atoms with Crippen LogP contribution in [-0.2, 0) is 0 Å². The Hall–Kier alpha value is -1.60. The third-order valence-corrected chi connectivity index (χ3v) is 1.49. The summed E-state index contributed by atoms with van der Waals surface area (Å²) in [6.45, 7) is 0. The van der Waals surface area contributed by atoms with Crippen molar-refractivity contribution < 1.29 is 5.21 Å². The Kier molecular flexibility index (Phi) is 2.62. The van der Waals surface area contributed by atoms with Crippen LogP contribution in [0.5, 0.6) is 0 Å². The summed E-state index contributed by atoms with van der Waals surface area (Å²) in [6.07, 6.45) is 2.58. The van der Waals surface area contributed by atoms with Crippen LogP contribution >= 0.6 is 11.6 Å². The zero-order valence-corrected chi connectivity index (χ0v) is 6.65. The number of pyridine rings is 1. The number of aromatic nitrogens is 1. The smallest absolute Gasteiger partial charge is 0.146 e. The second kappa shape index (κ2) is 3.69. The van der Waals surface area contributed by atoms with Crippen molar-refractivity contribution in [3.8, 4) is 6.07 Å². The lowest BCUT2D eigenvalue weighted by Gasteiger charge is -1.93. The summed E-state index contributed by atoms with van der Waals surface area (Å²) in [5, 5.41) is 19.6. The topological polar surface area (TPSA) is 69.3 Å². The van der Waals surface area contributed by atoms with E-state index in [2.05, 4.69) is 10.1 Å². The molecule has 1 N–H and O–H groups in total. The van der Waals surface area contributed by atoms with Gasteiger partial charge in [-0.05, 0) is 6.07 Å². The minimum Gasteiger partial charge on any atom is -0.411 e. The quantitative estimate of drug-likeness (QED) is 0.308. The highest BCUT2D eigenvalue weighted by Gasteiger charge is 2.00. The number of nitrogens with zero attached hydrogens (tertiary/aromatic N) is 3. The first-order valence-corrected chi connectivity index (χ1v) is 3.39. The number of nitriles is 1. The van der Waals surface area contributed by atoms with Gasteiger partial charge < -0.3 is 5.21 Å². The number of rotatable bonds is 1. The molecule has 12 heavy (non-hydrogen) atoms. The first-order valence-electron chi connectivity index (χ1n) is 3.01. The molecule has 0 aromatic carbocycles. The highest BCUT2D eigenvalue weighted by atomic mass is 35.5. The molecule has 0 aliphatic rings. The van der Waals surface area contributed by atoms with E-state index < -0.39 is 0 Å². The summed E-state index contributed by atoms with van der Waals surface area (Å²) in [7, 11) is 0. The number of oxime groups is 1. The van der Waals surface area contributed by atoms with Gasteiger partial charge in [0.2, 0.25) is 0 Å². The summed E-state index contributed by atoms with van der Waals surface area (Å²) < 4.78 is 0. The maximum Gasteiger partial charge on any atom is 0.146 e. The first-order chi connectivity index (χ1) is 5.77. The fourth-order valence-corrected chi connectivity index (χ4v) is 0.826. The van der Waals surface area contributed by atoms with Crippen molar-refractivity contribution in [3.63, 3.8) is 0 Å². The van der Waals surface area contributed by atoms with Gasteiger partial charge in [0.15, 0.2) is 0 Å².